The van der Waals surface area contributed by atoms with Crippen LogP contribution in [0.4, 0.5) is 11.5 Å². The molecule has 0 atom stereocenters. The van der Waals surface area contributed by atoms with E-state index in [4.69, 9.17) is 14.7 Å². The summed E-state index contributed by atoms with van der Waals surface area (Å²) in [7, 11) is 0. The molecule has 8 nitrogen and oxygen atoms in total. The summed E-state index contributed by atoms with van der Waals surface area (Å²) in [4.78, 5) is 15.7. The predicted octanol–water partition coefficient (Wildman–Crippen LogP) is 3.54. The molecular weight excluding hydrogens is 404 g/mol. The Bertz CT molecular complexity index is 1120. The number of nitrogens with one attached hydrogen (secondary N) is 1. The number of fused-ring (bicyclic) bond motifs is 1. The summed E-state index contributed by atoms with van der Waals surface area (Å²) in [5.41, 5.74) is 3.38. The second-order valence-electron chi connectivity index (χ2n) is 8.24. The van der Waals surface area contributed by atoms with E-state index in [9.17, 15) is 0 Å². The van der Waals surface area contributed by atoms with Crippen molar-refractivity contribution in [3.05, 3.63) is 48.4 Å². The van der Waals surface area contributed by atoms with E-state index in [-0.39, 0.29) is 6.10 Å². The Morgan fingerprint density at radius 1 is 1.00 bits per heavy atom. The number of pyridine rings is 1. The lowest BCUT2D eigenvalue weighted by atomic mass is 9.93. The van der Waals surface area contributed by atoms with E-state index in [0.717, 1.165) is 80.3 Å². The number of aromatic nitrogens is 3. The molecule has 0 radical (unpaired) electrons. The van der Waals surface area contributed by atoms with Gasteiger partial charge in [-0.1, -0.05) is 0 Å². The lowest BCUT2D eigenvalue weighted by molar-refractivity contribution is 0.122. The number of morpholine rings is 1. The van der Waals surface area contributed by atoms with Crippen LogP contribution < -0.4 is 15.0 Å². The second-order valence-corrected chi connectivity index (χ2v) is 8.24. The Morgan fingerprint density at radius 2 is 1.81 bits per heavy atom. The third-order valence-electron chi connectivity index (χ3n) is 6.11. The Labute approximate surface area is 187 Å². The van der Waals surface area contributed by atoms with Crippen LogP contribution in [0.25, 0.3) is 11.0 Å². The zero-order valence-electron chi connectivity index (χ0n) is 17.9. The fourth-order valence-corrected chi connectivity index (χ4v) is 4.42. The molecule has 3 heterocycles. The molecule has 32 heavy (non-hydrogen) atoms. The lowest BCUT2D eigenvalue weighted by Crippen LogP contribution is -2.36. The molecule has 0 amide bonds. The van der Waals surface area contributed by atoms with Gasteiger partial charge in [-0.15, -0.1) is 0 Å². The summed E-state index contributed by atoms with van der Waals surface area (Å²) in [6.07, 6.45) is 9.10. The SMILES string of the molecule is N#Cc1ccnc(N[C@H]2CC[C@@H](Oc3cc(N4CCOCC4)cc4nccnc34)CC2)c1. The van der Waals surface area contributed by atoms with E-state index >= 15 is 0 Å². The third kappa shape index (κ3) is 4.58. The molecule has 2 aliphatic rings. The average molecular weight is 431 g/mol. The fraction of sp³-hybridized carbons (Fsp3) is 0.417. The first-order valence-corrected chi connectivity index (χ1v) is 11.2. The number of rotatable bonds is 5. The number of benzene rings is 1. The lowest BCUT2D eigenvalue weighted by Gasteiger charge is -2.31. The molecule has 2 aromatic heterocycles. The number of nitrogens with zero attached hydrogens (tertiary/aromatic N) is 5. The van der Waals surface area contributed by atoms with Crippen LogP contribution in [0.3, 0.4) is 0 Å². The van der Waals surface area contributed by atoms with Crippen LogP contribution in [-0.2, 0) is 4.74 Å². The molecule has 0 bridgehead atoms. The molecule has 1 aliphatic heterocycles. The van der Waals surface area contributed by atoms with Gasteiger partial charge in [-0.25, -0.2) is 9.97 Å². The quantitative estimate of drug-likeness (QED) is 0.657. The van der Waals surface area contributed by atoms with Gasteiger partial charge in [0.25, 0.3) is 0 Å². The third-order valence-corrected chi connectivity index (χ3v) is 6.11. The molecule has 0 spiro atoms. The van der Waals surface area contributed by atoms with Gasteiger partial charge in [-0.05, 0) is 43.9 Å². The maximum atomic E-state index is 9.08. The summed E-state index contributed by atoms with van der Waals surface area (Å²) in [6.45, 7) is 3.20. The molecule has 1 aromatic carbocycles. The van der Waals surface area contributed by atoms with E-state index in [1.165, 1.54) is 0 Å². The monoisotopic (exact) mass is 430 g/mol. The van der Waals surface area contributed by atoms with E-state index < -0.39 is 0 Å². The highest BCUT2D eigenvalue weighted by atomic mass is 16.5. The van der Waals surface area contributed by atoms with Gasteiger partial charge in [0.1, 0.15) is 17.1 Å². The largest absolute Gasteiger partial charge is 0.488 e. The Hall–Kier alpha value is -3.44. The van der Waals surface area contributed by atoms with Crippen molar-refractivity contribution in [2.45, 2.75) is 37.8 Å². The summed E-state index contributed by atoms with van der Waals surface area (Å²) < 4.78 is 12.0. The van der Waals surface area contributed by atoms with Gasteiger partial charge in [-0.3, -0.25) is 4.98 Å². The minimum absolute atomic E-state index is 0.136. The first-order valence-electron chi connectivity index (χ1n) is 11.2. The van der Waals surface area contributed by atoms with Crippen molar-refractivity contribution in [2.75, 3.05) is 36.5 Å². The maximum Gasteiger partial charge on any atom is 0.149 e. The summed E-state index contributed by atoms with van der Waals surface area (Å²) in [6, 6.07) is 10.2. The minimum Gasteiger partial charge on any atom is -0.488 e. The molecule has 0 unspecified atom stereocenters. The first-order chi connectivity index (χ1) is 15.8. The fourth-order valence-electron chi connectivity index (χ4n) is 4.42. The minimum atomic E-state index is 0.136. The van der Waals surface area contributed by atoms with Gasteiger partial charge in [0.15, 0.2) is 0 Å². The van der Waals surface area contributed by atoms with Crippen molar-refractivity contribution in [2.24, 2.45) is 0 Å². The van der Waals surface area contributed by atoms with Crippen LogP contribution >= 0.6 is 0 Å². The Balaban J connectivity index is 1.27. The van der Waals surface area contributed by atoms with E-state index in [1.807, 2.05) is 0 Å². The van der Waals surface area contributed by atoms with Gasteiger partial charge in [0, 0.05) is 49.5 Å². The standard InChI is InChI=1S/C24H26N6O2/c25-16-17-5-6-27-23(13-17)29-18-1-3-20(4-2-18)32-22-15-19(30-9-11-31-12-10-30)14-21-24(22)28-8-7-26-21/h5-8,13-15,18,20H,1-4,9-12H2,(H,27,29)/t18-,20+. The van der Waals surface area contributed by atoms with Crippen LogP contribution in [0.1, 0.15) is 31.2 Å². The van der Waals surface area contributed by atoms with Crippen LogP contribution in [0.2, 0.25) is 0 Å². The highest BCUT2D eigenvalue weighted by Gasteiger charge is 2.24. The van der Waals surface area contributed by atoms with Crippen LogP contribution in [0.15, 0.2) is 42.9 Å². The molecule has 3 aromatic rings. The van der Waals surface area contributed by atoms with Crippen molar-refractivity contribution in [3.8, 4) is 11.8 Å². The van der Waals surface area contributed by atoms with Gasteiger partial charge < -0.3 is 19.7 Å². The van der Waals surface area contributed by atoms with Crippen molar-refractivity contribution >= 4 is 22.5 Å². The highest BCUT2D eigenvalue weighted by Crippen LogP contribution is 2.33. The van der Waals surface area contributed by atoms with Gasteiger partial charge in [0.05, 0.1) is 36.5 Å². The van der Waals surface area contributed by atoms with Crippen molar-refractivity contribution < 1.29 is 9.47 Å². The van der Waals surface area contributed by atoms with Gasteiger partial charge in [-0.2, -0.15) is 5.26 Å². The van der Waals surface area contributed by atoms with Crippen molar-refractivity contribution in [3.63, 3.8) is 0 Å². The first kappa shape index (κ1) is 20.5. The van der Waals surface area contributed by atoms with Crippen LogP contribution in [0, 0.1) is 11.3 Å². The molecule has 1 saturated heterocycles. The van der Waals surface area contributed by atoms with Crippen LogP contribution in [0.5, 0.6) is 5.75 Å². The van der Waals surface area contributed by atoms with Crippen molar-refractivity contribution in [1.29, 1.82) is 5.26 Å². The molecule has 1 saturated carbocycles. The molecule has 2 fully saturated rings. The summed E-state index contributed by atoms with van der Waals surface area (Å²) >= 11 is 0. The molecule has 1 aliphatic carbocycles. The summed E-state index contributed by atoms with van der Waals surface area (Å²) in [5, 5.41) is 12.5. The molecule has 1 N–H and O–H groups in total. The Morgan fingerprint density at radius 3 is 2.62 bits per heavy atom. The number of hydrogen-bond donors (Lipinski definition) is 1. The maximum absolute atomic E-state index is 9.08. The molecular formula is C24H26N6O2. The number of anilines is 2. The topological polar surface area (TPSA) is 96.2 Å². The zero-order valence-corrected chi connectivity index (χ0v) is 17.9. The van der Waals surface area contributed by atoms with E-state index in [1.54, 1.807) is 30.7 Å². The highest BCUT2D eigenvalue weighted by molar-refractivity contribution is 5.85. The number of ether oxygens (including phenoxy) is 2. The molecule has 5 rings (SSSR count). The second kappa shape index (κ2) is 9.37. The summed E-state index contributed by atoms with van der Waals surface area (Å²) in [5.74, 6) is 1.56. The smallest absolute Gasteiger partial charge is 0.149 e. The van der Waals surface area contributed by atoms with Crippen molar-refractivity contribution in [1.82, 2.24) is 15.0 Å². The van der Waals surface area contributed by atoms with Crippen LogP contribution in [-0.4, -0.2) is 53.4 Å². The normalized spacial score (nSPS) is 21.2. The average Bonchev–Trinajstić information content (AvgIpc) is 2.86. The Kier molecular flexibility index (Phi) is 5.99. The predicted molar refractivity (Wildman–Crippen MR) is 122 cm³/mol. The number of nitriles is 1. The molecule has 164 valence electrons. The van der Waals surface area contributed by atoms with Gasteiger partial charge >= 0.3 is 0 Å². The molecule has 8 heteroatoms. The number of hydrogen-bond acceptors (Lipinski definition) is 8. The van der Waals surface area contributed by atoms with E-state index in [0.29, 0.717) is 11.6 Å². The van der Waals surface area contributed by atoms with E-state index in [2.05, 4.69) is 43.4 Å². The van der Waals surface area contributed by atoms with Gasteiger partial charge in [0.2, 0.25) is 0 Å². The zero-order chi connectivity index (χ0) is 21.8.